The number of para-hydroxylation sites is 2. The third-order valence-corrected chi connectivity index (χ3v) is 6.71. The van der Waals surface area contributed by atoms with Crippen LogP contribution < -0.4 is 4.74 Å². The summed E-state index contributed by atoms with van der Waals surface area (Å²) in [5, 5.41) is 10.7. The lowest BCUT2D eigenvalue weighted by Crippen LogP contribution is -2.41. The number of benzene rings is 2. The van der Waals surface area contributed by atoms with Crippen molar-refractivity contribution in [3.05, 3.63) is 64.8 Å². The number of hydrogen-bond donors (Lipinski definition) is 0. The Bertz CT molecular complexity index is 1140. The molecule has 0 N–H and O–H groups in total. The van der Waals surface area contributed by atoms with Crippen molar-refractivity contribution in [2.24, 2.45) is 0 Å². The van der Waals surface area contributed by atoms with Crippen molar-refractivity contribution in [3.63, 3.8) is 0 Å². The number of nitro groups is 1. The summed E-state index contributed by atoms with van der Waals surface area (Å²) in [7, 11) is -3.70. The molecule has 0 atom stereocenters. The van der Waals surface area contributed by atoms with Crippen molar-refractivity contribution in [2.45, 2.75) is 23.8 Å². The fraction of sp³-hybridized carbons (Fsp3) is 0.263. The Morgan fingerprint density at radius 2 is 1.69 bits per heavy atom. The first-order valence-electron chi connectivity index (χ1n) is 9.06. The number of fused-ring (bicyclic) bond motifs is 1. The predicted octanol–water partition coefficient (Wildman–Crippen LogP) is 2.77. The molecule has 0 spiro atoms. The van der Waals surface area contributed by atoms with Gasteiger partial charge in [-0.2, -0.15) is 4.31 Å². The molecule has 3 aromatic rings. The normalized spacial score (nSPS) is 16.0. The van der Waals surface area contributed by atoms with E-state index >= 15 is 0 Å². The molecule has 1 saturated heterocycles. The van der Waals surface area contributed by atoms with E-state index in [4.69, 9.17) is 4.74 Å². The van der Waals surface area contributed by atoms with Crippen LogP contribution >= 0.6 is 0 Å². The standard InChI is InChI=1S/C19H18N4O5S/c24-23(25)14-5-7-16(8-6-14)29(26,27)22-11-9-15(10-12-22)28-19-13-20-17-3-1-2-4-18(17)21-19/h1-8,13,15H,9-12H2. The molecule has 29 heavy (non-hydrogen) atoms. The Morgan fingerprint density at radius 3 is 2.34 bits per heavy atom. The Kier molecular flexibility index (Phi) is 5.12. The SMILES string of the molecule is O=[N+]([O-])c1ccc(S(=O)(=O)N2CCC(Oc3cnc4ccccc4n3)CC2)cc1. The van der Waals surface area contributed by atoms with Gasteiger partial charge in [-0.25, -0.2) is 18.4 Å². The highest BCUT2D eigenvalue weighted by molar-refractivity contribution is 7.89. The number of aromatic nitrogens is 2. The van der Waals surface area contributed by atoms with Crippen molar-refractivity contribution in [1.82, 2.24) is 14.3 Å². The minimum atomic E-state index is -3.70. The van der Waals surface area contributed by atoms with Gasteiger partial charge in [-0.15, -0.1) is 0 Å². The molecular formula is C19H18N4O5S. The van der Waals surface area contributed by atoms with Crippen molar-refractivity contribution >= 4 is 26.7 Å². The third-order valence-electron chi connectivity index (χ3n) is 4.80. The van der Waals surface area contributed by atoms with E-state index in [9.17, 15) is 18.5 Å². The van der Waals surface area contributed by atoms with Crippen LogP contribution in [0.2, 0.25) is 0 Å². The highest BCUT2D eigenvalue weighted by Crippen LogP contribution is 2.25. The first kappa shape index (κ1) is 19.2. The monoisotopic (exact) mass is 414 g/mol. The number of non-ortho nitro benzene ring substituents is 1. The fourth-order valence-corrected chi connectivity index (χ4v) is 4.72. The summed E-state index contributed by atoms with van der Waals surface area (Å²) in [6.45, 7) is 0.593. The van der Waals surface area contributed by atoms with Crippen LogP contribution in [0.3, 0.4) is 0 Å². The minimum absolute atomic E-state index is 0.0443. The molecule has 2 aromatic carbocycles. The van der Waals surface area contributed by atoms with Crippen LogP contribution in [0.5, 0.6) is 5.88 Å². The molecule has 0 radical (unpaired) electrons. The van der Waals surface area contributed by atoms with E-state index in [-0.39, 0.29) is 16.7 Å². The number of piperidine rings is 1. The number of rotatable bonds is 5. The van der Waals surface area contributed by atoms with Crippen LogP contribution in [0.15, 0.2) is 59.6 Å². The van der Waals surface area contributed by atoms with Gasteiger partial charge in [0.25, 0.3) is 5.69 Å². The molecule has 0 aliphatic carbocycles. The maximum atomic E-state index is 12.8. The molecule has 1 aromatic heterocycles. The lowest BCUT2D eigenvalue weighted by molar-refractivity contribution is -0.384. The third kappa shape index (κ3) is 4.03. The summed E-state index contributed by atoms with van der Waals surface area (Å²) in [4.78, 5) is 19.0. The van der Waals surface area contributed by atoms with Gasteiger partial charge >= 0.3 is 0 Å². The van der Waals surface area contributed by atoms with Crippen LogP contribution in [0, 0.1) is 10.1 Å². The molecule has 9 nitrogen and oxygen atoms in total. The first-order chi connectivity index (χ1) is 13.9. The summed E-state index contributed by atoms with van der Waals surface area (Å²) in [5.74, 6) is 0.417. The van der Waals surface area contributed by atoms with E-state index in [1.807, 2.05) is 24.3 Å². The number of nitrogens with zero attached hydrogens (tertiary/aromatic N) is 4. The topological polar surface area (TPSA) is 116 Å². The molecule has 150 valence electrons. The number of hydrogen-bond acceptors (Lipinski definition) is 7. The number of ether oxygens (including phenoxy) is 1. The van der Waals surface area contributed by atoms with E-state index in [2.05, 4.69) is 9.97 Å². The molecule has 4 rings (SSSR count). The van der Waals surface area contributed by atoms with Crippen LogP contribution in [-0.4, -0.2) is 46.8 Å². The first-order valence-corrected chi connectivity index (χ1v) is 10.5. The molecule has 1 aliphatic heterocycles. The largest absolute Gasteiger partial charge is 0.473 e. The van der Waals surface area contributed by atoms with Gasteiger partial charge < -0.3 is 4.74 Å². The van der Waals surface area contributed by atoms with E-state index in [0.717, 1.165) is 11.0 Å². The maximum Gasteiger partial charge on any atom is 0.269 e. The highest BCUT2D eigenvalue weighted by atomic mass is 32.2. The molecule has 1 fully saturated rings. The van der Waals surface area contributed by atoms with Crippen LogP contribution in [0.4, 0.5) is 5.69 Å². The second-order valence-corrected chi connectivity index (χ2v) is 8.61. The molecule has 0 amide bonds. The van der Waals surface area contributed by atoms with Crippen LogP contribution in [0.25, 0.3) is 11.0 Å². The lowest BCUT2D eigenvalue weighted by Gasteiger charge is -2.31. The van der Waals surface area contributed by atoms with Crippen molar-refractivity contribution in [1.29, 1.82) is 0 Å². The van der Waals surface area contributed by atoms with E-state index < -0.39 is 14.9 Å². The van der Waals surface area contributed by atoms with Crippen molar-refractivity contribution < 1.29 is 18.1 Å². The van der Waals surface area contributed by atoms with Crippen LogP contribution in [0.1, 0.15) is 12.8 Å². The zero-order chi connectivity index (χ0) is 20.4. The van der Waals surface area contributed by atoms with Crippen molar-refractivity contribution in [3.8, 4) is 5.88 Å². The minimum Gasteiger partial charge on any atom is -0.473 e. The van der Waals surface area contributed by atoms with Gasteiger partial charge in [0.2, 0.25) is 15.9 Å². The Hall–Kier alpha value is -3.11. The van der Waals surface area contributed by atoms with Gasteiger partial charge in [-0.05, 0) is 37.1 Å². The summed E-state index contributed by atoms with van der Waals surface area (Å²) >= 11 is 0. The Morgan fingerprint density at radius 1 is 1.03 bits per heavy atom. The second kappa shape index (κ2) is 7.72. The fourth-order valence-electron chi connectivity index (χ4n) is 3.25. The Balaban J connectivity index is 1.40. The van der Waals surface area contributed by atoms with Gasteiger partial charge in [0.05, 0.1) is 27.0 Å². The summed E-state index contributed by atoms with van der Waals surface area (Å²) in [6, 6.07) is 12.4. The zero-order valence-corrected chi connectivity index (χ0v) is 16.2. The molecular weight excluding hydrogens is 396 g/mol. The molecule has 1 aliphatic rings. The number of sulfonamides is 1. The lowest BCUT2D eigenvalue weighted by atomic mass is 10.1. The van der Waals surface area contributed by atoms with Gasteiger partial charge in [-0.1, -0.05) is 12.1 Å². The second-order valence-electron chi connectivity index (χ2n) is 6.67. The highest BCUT2D eigenvalue weighted by Gasteiger charge is 2.30. The summed E-state index contributed by atoms with van der Waals surface area (Å²) in [5.41, 5.74) is 1.37. The maximum absolute atomic E-state index is 12.8. The van der Waals surface area contributed by atoms with Gasteiger partial charge in [0.1, 0.15) is 6.10 Å². The number of nitro benzene ring substituents is 1. The Labute approximate surface area is 167 Å². The van der Waals surface area contributed by atoms with E-state index in [1.165, 1.54) is 28.6 Å². The summed E-state index contributed by atoms with van der Waals surface area (Å²) in [6.07, 6.45) is 2.44. The average molecular weight is 414 g/mol. The van der Waals surface area contributed by atoms with Gasteiger partial charge in [-0.3, -0.25) is 10.1 Å². The van der Waals surface area contributed by atoms with E-state index in [1.54, 1.807) is 6.20 Å². The predicted molar refractivity (Wildman–Crippen MR) is 105 cm³/mol. The molecule has 10 heteroatoms. The van der Waals surface area contributed by atoms with E-state index in [0.29, 0.717) is 31.8 Å². The summed E-state index contributed by atoms with van der Waals surface area (Å²) < 4.78 is 32.8. The van der Waals surface area contributed by atoms with Crippen molar-refractivity contribution in [2.75, 3.05) is 13.1 Å². The van der Waals surface area contributed by atoms with Gasteiger partial charge in [0, 0.05) is 25.2 Å². The smallest absolute Gasteiger partial charge is 0.269 e. The molecule has 0 unspecified atom stereocenters. The molecule has 2 heterocycles. The quantitative estimate of drug-likeness (QED) is 0.465. The molecule has 0 saturated carbocycles. The van der Waals surface area contributed by atoms with Crippen LogP contribution in [-0.2, 0) is 10.0 Å². The zero-order valence-electron chi connectivity index (χ0n) is 15.3. The average Bonchev–Trinajstić information content (AvgIpc) is 2.74. The van der Waals surface area contributed by atoms with Gasteiger partial charge in [0.15, 0.2) is 0 Å². The molecule has 0 bridgehead atoms.